The number of nitrogens with one attached hydrogen (secondary N) is 1. The van der Waals surface area contributed by atoms with Crippen molar-refractivity contribution in [1.82, 2.24) is 0 Å². The third kappa shape index (κ3) is 4.65. The van der Waals surface area contributed by atoms with Crippen molar-refractivity contribution >= 4 is 29.2 Å². The Kier molecular flexibility index (Phi) is 5.93. The maximum absolute atomic E-state index is 12.9. The van der Waals surface area contributed by atoms with E-state index in [9.17, 15) is 22.8 Å². The van der Waals surface area contributed by atoms with E-state index in [1.165, 1.54) is 0 Å². The van der Waals surface area contributed by atoms with Gasteiger partial charge in [-0.3, -0.25) is 9.59 Å². The number of rotatable bonds is 5. The molecule has 0 unspecified atom stereocenters. The minimum Gasteiger partial charge on any atom is -0.447 e. The van der Waals surface area contributed by atoms with Gasteiger partial charge in [-0.05, 0) is 31.0 Å². The summed E-state index contributed by atoms with van der Waals surface area (Å²) in [7, 11) is 0. The van der Waals surface area contributed by atoms with Crippen molar-refractivity contribution in [3.63, 3.8) is 0 Å². The van der Waals surface area contributed by atoms with Gasteiger partial charge < -0.3 is 10.1 Å². The van der Waals surface area contributed by atoms with Crippen molar-refractivity contribution in [2.75, 3.05) is 5.32 Å². The quantitative estimate of drug-likeness (QED) is 0.672. The number of hydrogen-bond donors (Lipinski definition) is 1. The summed E-state index contributed by atoms with van der Waals surface area (Å²) in [5.74, 6) is -1.53. The molecule has 0 aromatic heterocycles. The van der Waals surface area contributed by atoms with Crippen molar-refractivity contribution in [3.05, 3.63) is 64.7 Å². The average molecular weight is 412 g/mol. The van der Waals surface area contributed by atoms with E-state index in [1.54, 1.807) is 30.3 Å². The summed E-state index contributed by atoms with van der Waals surface area (Å²) in [5.41, 5.74) is -0.743. The molecule has 28 heavy (non-hydrogen) atoms. The summed E-state index contributed by atoms with van der Waals surface area (Å²) in [5, 5.41) is 2.30. The highest BCUT2D eigenvalue weighted by atomic mass is 35.5. The molecule has 2 aromatic carbocycles. The molecule has 1 atom stereocenters. The number of ether oxygens (including phenoxy) is 1. The second kappa shape index (κ2) is 8.22. The average Bonchev–Trinajstić information content (AvgIpc) is 2.59. The summed E-state index contributed by atoms with van der Waals surface area (Å²) >= 11 is 5.94. The van der Waals surface area contributed by atoms with Gasteiger partial charge in [0.05, 0.1) is 22.2 Å². The Morgan fingerprint density at radius 3 is 2.36 bits per heavy atom. The van der Waals surface area contributed by atoms with Crippen molar-refractivity contribution in [2.24, 2.45) is 5.92 Å². The molecule has 1 N–H and O–H groups in total. The molecular weight excluding hydrogens is 395 g/mol. The number of halogens is 4. The highest BCUT2D eigenvalue weighted by Crippen LogP contribution is 2.35. The van der Waals surface area contributed by atoms with Gasteiger partial charge in [0.25, 0.3) is 5.91 Å². The van der Waals surface area contributed by atoms with Crippen LogP contribution in [-0.4, -0.2) is 11.9 Å². The number of carbonyl (C=O) groups is 2. The Bertz CT molecular complexity index is 867. The lowest BCUT2D eigenvalue weighted by atomic mass is 9.85. The van der Waals surface area contributed by atoms with Crippen molar-refractivity contribution in [2.45, 2.75) is 31.5 Å². The van der Waals surface area contributed by atoms with Crippen LogP contribution in [0.15, 0.2) is 48.5 Å². The Hall–Kier alpha value is -2.54. The molecule has 3 rings (SSSR count). The number of anilines is 1. The van der Waals surface area contributed by atoms with Crippen LogP contribution in [0.5, 0.6) is 0 Å². The van der Waals surface area contributed by atoms with Crippen molar-refractivity contribution in [3.8, 4) is 0 Å². The zero-order valence-electron chi connectivity index (χ0n) is 14.6. The minimum absolute atomic E-state index is 0.0570. The Morgan fingerprint density at radius 1 is 1.11 bits per heavy atom. The summed E-state index contributed by atoms with van der Waals surface area (Å²) < 4.78 is 44.2. The molecule has 2 aromatic rings. The number of hydrogen-bond acceptors (Lipinski definition) is 3. The Balaban J connectivity index is 1.84. The van der Waals surface area contributed by atoms with Gasteiger partial charge in [0.1, 0.15) is 0 Å². The number of carbonyl (C=O) groups excluding carboxylic acids is 2. The zero-order valence-corrected chi connectivity index (χ0v) is 15.4. The van der Waals surface area contributed by atoms with E-state index in [1.807, 2.05) is 0 Å². The van der Waals surface area contributed by atoms with Crippen molar-refractivity contribution < 1.29 is 27.5 Å². The zero-order chi connectivity index (χ0) is 20.3. The van der Waals surface area contributed by atoms with Gasteiger partial charge in [-0.1, -0.05) is 48.4 Å². The van der Waals surface area contributed by atoms with Crippen molar-refractivity contribution in [1.29, 1.82) is 0 Å². The topological polar surface area (TPSA) is 55.4 Å². The van der Waals surface area contributed by atoms with E-state index in [0.717, 1.165) is 24.6 Å². The maximum atomic E-state index is 12.9. The molecule has 0 spiro atoms. The largest absolute Gasteiger partial charge is 0.447 e. The molecule has 0 aliphatic heterocycles. The molecule has 8 heteroatoms. The van der Waals surface area contributed by atoms with Crippen LogP contribution in [-0.2, 0) is 20.5 Å². The number of benzene rings is 2. The number of alkyl halides is 3. The maximum Gasteiger partial charge on any atom is 0.416 e. The first-order valence-electron chi connectivity index (χ1n) is 8.69. The van der Waals surface area contributed by atoms with Gasteiger partial charge in [-0.15, -0.1) is 0 Å². The number of esters is 1. The van der Waals surface area contributed by atoms with E-state index in [-0.39, 0.29) is 16.6 Å². The highest BCUT2D eigenvalue weighted by molar-refractivity contribution is 6.33. The molecule has 148 valence electrons. The normalized spacial score (nSPS) is 15.4. The van der Waals surface area contributed by atoms with Crippen LogP contribution in [0.3, 0.4) is 0 Å². The van der Waals surface area contributed by atoms with Gasteiger partial charge >= 0.3 is 12.1 Å². The molecule has 1 aliphatic rings. The smallest absolute Gasteiger partial charge is 0.416 e. The first kappa shape index (κ1) is 20.2. The van der Waals surface area contributed by atoms with Crippen LogP contribution in [0, 0.1) is 5.92 Å². The minimum atomic E-state index is -4.58. The van der Waals surface area contributed by atoms with Crippen LogP contribution >= 0.6 is 11.6 Å². The van der Waals surface area contributed by atoms with E-state index in [4.69, 9.17) is 16.3 Å². The van der Waals surface area contributed by atoms with Gasteiger partial charge in [0.15, 0.2) is 0 Å². The summed E-state index contributed by atoms with van der Waals surface area (Å²) in [6, 6.07) is 10.9. The predicted octanol–water partition coefficient (Wildman–Crippen LogP) is 5.38. The second-order valence-electron chi connectivity index (χ2n) is 6.54. The third-order valence-corrected chi connectivity index (χ3v) is 4.89. The first-order valence-corrected chi connectivity index (χ1v) is 9.06. The van der Waals surface area contributed by atoms with Crippen LogP contribution in [0.2, 0.25) is 5.02 Å². The molecule has 0 bridgehead atoms. The fraction of sp³-hybridized carbons (Fsp3) is 0.300. The lowest BCUT2D eigenvalue weighted by molar-refractivity contribution is -0.161. The first-order chi connectivity index (χ1) is 13.3. The molecule has 4 nitrogen and oxygen atoms in total. The second-order valence-corrected chi connectivity index (χ2v) is 6.94. The van der Waals surface area contributed by atoms with Crippen LogP contribution in [0.25, 0.3) is 0 Å². The molecule has 1 aliphatic carbocycles. The predicted molar refractivity (Wildman–Crippen MR) is 97.7 cm³/mol. The summed E-state index contributed by atoms with van der Waals surface area (Å²) in [6.07, 6.45) is -3.57. The monoisotopic (exact) mass is 411 g/mol. The van der Waals surface area contributed by atoms with Gasteiger partial charge in [-0.2, -0.15) is 13.2 Å². The lowest BCUT2D eigenvalue weighted by Crippen LogP contribution is -2.31. The van der Waals surface area contributed by atoms with Crippen LogP contribution < -0.4 is 5.32 Å². The van der Waals surface area contributed by atoms with E-state index in [2.05, 4.69) is 5.32 Å². The molecule has 0 saturated heterocycles. The highest BCUT2D eigenvalue weighted by Gasteiger charge is 2.34. The van der Waals surface area contributed by atoms with E-state index in [0.29, 0.717) is 18.4 Å². The Labute approximate surface area is 164 Å². The SMILES string of the molecule is O=C(O[C@@H](C(=O)Nc1cc(C(F)(F)F)ccc1Cl)c1ccccc1)C1CCC1. The number of amides is 1. The van der Waals surface area contributed by atoms with Gasteiger partial charge in [0.2, 0.25) is 6.10 Å². The summed E-state index contributed by atoms with van der Waals surface area (Å²) in [4.78, 5) is 25.0. The molecule has 1 saturated carbocycles. The Morgan fingerprint density at radius 2 is 1.79 bits per heavy atom. The van der Waals surface area contributed by atoms with E-state index < -0.39 is 29.7 Å². The fourth-order valence-electron chi connectivity index (χ4n) is 2.75. The molecule has 1 fully saturated rings. The third-order valence-electron chi connectivity index (χ3n) is 4.56. The van der Waals surface area contributed by atoms with Gasteiger partial charge in [-0.25, -0.2) is 0 Å². The molecule has 1 amide bonds. The van der Waals surface area contributed by atoms with Crippen LogP contribution in [0.4, 0.5) is 18.9 Å². The molecule has 0 heterocycles. The fourth-order valence-corrected chi connectivity index (χ4v) is 2.92. The lowest BCUT2D eigenvalue weighted by Gasteiger charge is -2.26. The molecular formula is C20H17ClF3NO3. The standard InChI is InChI=1S/C20H17ClF3NO3/c21-15-10-9-14(20(22,23)24)11-16(15)25-18(26)17(12-5-2-1-3-6-12)28-19(27)13-7-4-8-13/h1-3,5-6,9-11,13,17H,4,7-8H2,(H,25,26)/t17-/m1/s1. The van der Waals surface area contributed by atoms with E-state index >= 15 is 0 Å². The summed E-state index contributed by atoms with van der Waals surface area (Å²) in [6.45, 7) is 0. The van der Waals surface area contributed by atoms with Crippen LogP contribution in [0.1, 0.15) is 36.5 Å². The van der Waals surface area contributed by atoms with Gasteiger partial charge in [0, 0.05) is 5.56 Å². The molecule has 0 radical (unpaired) electrons.